The Kier molecular flexibility index (Phi) is 10.00. The number of hydrogen-bond acceptors (Lipinski definition) is 3. The van der Waals surface area contributed by atoms with Crippen molar-refractivity contribution in [1.29, 1.82) is 0 Å². The second-order valence-corrected chi connectivity index (χ2v) is 5.30. The third-order valence-corrected chi connectivity index (χ3v) is 3.66. The average molecular weight is 267 g/mol. The fourth-order valence-corrected chi connectivity index (χ4v) is 2.49. The molecule has 0 bridgehead atoms. The number of hydrogen-bond donors (Lipinski definition) is 1. The zero-order valence-corrected chi connectivity index (χ0v) is 12.2. The van der Waals surface area contributed by atoms with Crippen LogP contribution in [0.5, 0.6) is 0 Å². The van der Waals surface area contributed by atoms with E-state index in [1.54, 1.807) is 0 Å². The molecule has 0 saturated carbocycles. The number of benzene rings is 1. The van der Waals surface area contributed by atoms with E-state index in [0.717, 1.165) is 38.5 Å². The van der Waals surface area contributed by atoms with Gasteiger partial charge < -0.3 is 10.1 Å². The van der Waals surface area contributed by atoms with Crippen LogP contribution in [0, 0.1) is 0 Å². The van der Waals surface area contributed by atoms with E-state index in [1.165, 1.54) is 17.7 Å². The molecule has 3 heteroatoms. The van der Waals surface area contributed by atoms with E-state index in [9.17, 15) is 0 Å². The highest BCUT2D eigenvalue weighted by Gasteiger charge is 1.93. The van der Waals surface area contributed by atoms with Gasteiger partial charge in [0, 0.05) is 31.3 Å². The maximum absolute atomic E-state index is 5.30. The van der Waals surface area contributed by atoms with Crippen molar-refractivity contribution in [2.75, 3.05) is 32.1 Å². The summed E-state index contributed by atoms with van der Waals surface area (Å²) in [6.45, 7) is 6.00. The minimum atomic E-state index is 0.837. The monoisotopic (exact) mass is 267 g/mol. The van der Waals surface area contributed by atoms with E-state index in [-0.39, 0.29) is 0 Å². The zero-order valence-electron chi connectivity index (χ0n) is 11.4. The van der Waals surface area contributed by atoms with Crippen LogP contribution in [0.3, 0.4) is 0 Å². The minimum absolute atomic E-state index is 0.837. The summed E-state index contributed by atoms with van der Waals surface area (Å²) in [5, 5.41) is 3.47. The van der Waals surface area contributed by atoms with Gasteiger partial charge in [-0.3, -0.25) is 0 Å². The number of rotatable bonds is 11. The molecule has 102 valence electrons. The molecule has 1 aromatic carbocycles. The lowest BCUT2D eigenvalue weighted by Gasteiger charge is -2.05. The Bertz CT molecular complexity index is 279. The first kappa shape index (κ1) is 15.5. The van der Waals surface area contributed by atoms with Crippen LogP contribution in [0.1, 0.15) is 25.3 Å². The van der Waals surface area contributed by atoms with Gasteiger partial charge in [0.1, 0.15) is 0 Å². The van der Waals surface area contributed by atoms with Crippen LogP contribution in [0.15, 0.2) is 30.3 Å². The predicted octanol–water partition coefficient (Wildman–Crippen LogP) is 3.33. The highest BCUT2D eigenvalue weighted by atomic mass is 32.2. The highest BCUT2D eigenvalue weighted by Crippen LogP contribution is 2.10. The van der Waals surface area contributed by atoms with Crippen molar-refractivity contribution in [2.24, 2.45) is 0 Å². The van der Waals surface area contributed by atoms with Crippen molar-refractivity contribution < 1.29 is 4.74 Å². The Morgan fingerprint density at radius 3 is 2.72 bits per heavy atom. The van der Waals surface area contributed by atoms with Crippen molar-refractivity contribution >= 4 is 11.8 Å². The first-order valence-electron chi connectivity index (χ1n) is 6.83. The maximum atomic E-state index is 5.30. The van der Waals surface area contributed by atoms with Gasteiger partial charge in [-0.15, -0.1) is 0 Å². The summed E-state index contributed by atoms with van der Waals surface area (Å²) in [6.07, 6.45) is 2.38. The fraction of sp³-hybridized carbons (Fsp3) is 0.600. The molecule has 0 aliphatic rings. The minimum Gasteiger partial charge on any atom is -0.382 e. The molecule has 0 atom stereocenters. The highest BCUT2D eigenvalue weighted by molar-refractivity contribution is 7.98. The summed E-state index contributed by atoms with van der Waals surface area (Å²) in [4.78, 5) is 0. The summed E-state index contributed by atoms with van der Waals surface area (Å²) < 4.78 is 5.30. The van der Waals surface area contributed by atoms with Crippen LogP contribution in [-0.2, 0) is 10.5 Å². The van der Waals surface area contributed by atoms with Crippen LogP contribution in [-0.4, -0.2) is 32.1 Å². The first-order valence-corrected chi connectivity index (χ1v) is 7.99. The normalized spacial score (nSPS) is 10.7. The van der Waals surface area contributed by atoms with Crippen LogP contribution < -0.4 is 5.32 Å². The van der Waals surface area contributed by atoms with Crippen LogP contribution in [0.25, 0.3) is 0 Å². The molecule has 2 nitrogen and oxygen atoms in total. The summed E-state index contributed by atoms with van der Waals surface area (Å²) in [5.41, 5.74) is 1.42. The SMILES string of the molecule is CCOCCCCNCCSCc1ccccc1. The van der Waals surface area contributed by atoms with Gasteiger partial charge in [0.05, 0.1) is 0 Å². The standard InChI is InChI=1S/C15H25NOS/c1-2-17-12-7-6-10-16-11-13-18-14-15-8-4-3-5-9-15/h3-5,8-9,16H,2,6-7,10-14H2,1H3. The van der Waals surface area contributed by atoms with E-state index in [2.05, 4.69) is 35.6 Å². The van der Waals surface area contributed by atoms with Crippen LogP contribution >= 0.6 is 11.8 Å². The molecule has 0 aliphatic heterocycles. The van der Waals surface area contributed by atoms with Crippen molar-refractivity contribution in [3.05, 3.63) is 35.9 Å². The van der Waals surface area contributed by atoms with Gasteiger partial charge in [-0.05, 0) is 31.9 Å². The van der Waals surface area contributed by atoms with Gasteiger partial charge in [0.2, 0.25) is 0 Å². The second kappa shape index (κ2) is 11.6. The third kappa shape index (κ3) is 8.56. The van der Waals surface area contributed by atoms with E-state index >= 15 is 0 Å². The van der Waals surface area contributed by atoms with Crippen LogP contribution in [0.4, 0.5) is 0 Å². The van der Waals surface area contributed by atoms with E-state index in [1.807, 2.05) is 18.7 Å². The molecule has 0 fully saturated rings. The second-order valence-electron chi connectivity index (χ2n) is 4.19. The van der Waals surface area contributed by atoms with Crippen molar-refractivity contribution in [1.82, 2.24) is 5.32 Å². The molecular weight excluding hydrogens is 242 g/mol. The Morgan fingerprint density at radius 1 is 1.11 bits per heavy atom. The molecule has 0 amide bonds. The van der Waals surface area contributed by atoms with E-state index in [0.29, 0.717) is 0 Å². The summed E-state index contributed by atoms with van der Waals surface area (Å²) in [5.74, 6) is 2.30. The quantitative estimate of drug-likeness (QED) is 0.621. The summed E-state index contributed by atoms with van der Waals surface area (Å²) in [7, 11) is 0. The molecule has 0 heterocycles. The molecule has 0 spiro atoms. The molecule has 1 N–H and O–H groups in total. The average Bonchev–Trinajstić information content (AvgIpc) is 2.42. The van der Waals surface area contributed by atoms with Crippen LogP contribution in [0.2, 0.25) is 0 Å². The van der Waals surface area contributed by atoms with Gasteiger partial charge in [-0.1, -0.05) is 30.3 Å². The number of ether oxygens (including phenoxy) is 1. The lowest BCUT2D eigenvalue weighted by Crippen LogP contribution is -2.18. The molecule has 0 aromatic heterocycles. The lowest BCUT2D eigenvalue weighted by atomic mass is 10.2. The number of nitrogens with one attached hydrogen (secondary N) is 1. The van der Waals surface area contributed by atoms with Crippen molar-refractivity contribution in [3.63, 3.8) is 0 Å². The zero-order chi connectivity index (χ0) is 12.9. The van der Waals surface area contributed by atoms with Gasteiger partial charge in [0.15, 0.2) is 0 Å². The van der Waals surface area contributed by atoms with E-state index in [4.69, 9.17) is 4.74 Å². The largest absolute Gasteiger partial charge is 0.382 e. The smallest absolute Gasteiger partial charge is 0.0466 e. The van der Waals surface area contributed by atoms with Gasteiger partial charge in [-0.25, -0.2) is 0 Å². The van der Waals surface area contributed by atoms with Gasteiger partial charge in [-0.2, -0.15) is 11.8 Å². The predicted molar refractivity (Wildman–Crippen MR) is 81.2 cm³/mol. The Balaban J connectivity index is 1.82. The Hall–Kier alpha value is -0.510. The van der Waals surface area contributed by atoms with Gasteiger partial charge in [0.25, 0.3) is 0 Å². The van der Waals surface area contributed by atoms with Gasteiger partial charge >= 0.3 is 0 Å². The fourth-order valence-electron chi connectivity index (χ4n) is 1.63. The number of unbranched alkanes of at least 4 members (excludes halogenated alkanes) is 1. The molecule has 0 radical (unpaired) electrons. The molecule has 18 heavy (non-hydrogen) atoms. The lowest BCUT2D eigenvalue weighted by molar-refractivity contribution is 0.143. The first-order chi connectivity index (χ1) is 8.93. The summed E-state index contributed by atoms with van der Waals surface area (Å²) >= 11 is 1.99. The summed E-state index contributed by atoms with van der Waals surface area (Å²) in [6, 6.07) is 10.7. The third-order valence-electron chi connectivity index (χ3n) is 2.63. The van der Waals surface area contributed by atoms with E-state index < -0.39 is 0 Å². The molecule has 1 aromatic rings. The Labute approximate surface area is 116 Å². The van der Waals surface area contributed by atoms with Crippen molar-refractivity contribution in [2.45, 2.75) is 25.5 Å². The molecule has 0 saturated heterocycles. The maximum Gasteiger partial charge on any atom is 0.0466 e. The van der Waals surface area contributed by atoms with Crippen molar-refractivity contribution in [3.8, 4) is 0 Å². The Morgan fingerprint density at radius 2 is 1.94 bits per heavy atom. The topological polar surface area (TPSA) is 21.3 Å². The molecule has 0 unspecified atom stereocenters. The molecule has 1 rings (SSSR count). The number of thioether (sulfide) groups is 1. The molecular formula is C15H25NOS. The molecule has 0 aliphatic carbocycles.